The van der Waals surface area contributed by atoms with Gasteiger partial charge in [0, 0.05) is 29.2 Å². The van der Waals surface area contributed by atoms with Gasteiger partial charge in [-0.05, 0) is 47.5 Å². The molecule has 29 heavy (non-hydrogen) atoms. The number of para-hydroxylation sites is 1. The highest BCUT2D eigenvalue weighted by Gasteiger charge is 2.10. The molecule has 3 aromatic carbocycles. The van der Waals surface area contributed by atoms with Crippen LogP contribution in [-0.4, -0.2) is 4.57 Å². The third-order valence-corrected chi connectivity index (χ3v) is 5.45. The van der Waals surface area contributed by atoms with E-state index in [9.17, 15) is 9.65 Å². The number of hydrogen-bond acceptors (Lipinski definition) is 1. The van der Waals surface area contributed by atoms with Gasteiger partial charge in [0.1, 0.15) is 5.82 Å². The lowest BCUT2D eigenvalue weighted by atomic mass is 10.0. The van der Waals surface area contributed by atoms with Gasteiger partial charge in [-0.3, -0.25) is 0 Å². The summed E-state index contributed by atoms with van der Waals surface area (Å²) in [6.45, 7) is 0.604. The van der Waals surface area contributed by atoms with Crippen LogP contribution in [0.5, 0.6) is 0 Å². The molecule has 1 heterocycles. The number of fused-ring (bicyclic) bond motifs is 1. The summed E-state index contributed by atoms with van der Waals surface area (Å²) in [4.78, 5) is 0. The predicted octanol–water partition coefficient (Wildman–Crippen LogP) is 7.20. The van der Waals surface area contributed by atoms with Crippen LogP contribution >= 0.6 is 23.2 Å². The molecule has 4 rings (SSSR count). The predicted molar refractivity (Wildman–Crippen MR) is 117 cm³/mol. The maximum Gasteiger partial charge on any atom is 0.123 e. The Balaban J connectivity index is 1.79. The molecule has 5 heteroatoms. The van der Waals surface area contributed by atoms with Crippen molar-refractivity contribution in [2.75, 3.05) is 0 Å². The Kier molecular flexibility index (Phi) is 5.40. The minimum absolute atomic E-state index is 0.370. The molecule has 0 saturated heterocycles. The third kappa shape index (κ3) is 4.05. The Morgan fingerprint density at radius 3 is 2.59 bits per heavy atom. The molecular formula is C24H15Cl2FN2. The van der Waals surface area contributed by atoms with Crippen molar-refractivity contribution in [3.05, 3.63) is 105 Å². The number of aromatic nitrogens is 1. The fraction of sp³-hybridized carbons (Fsp3) is 0.0417. The van der Waals surface area contributed by atoms with E-state index in [2.05, 4.69) is 10.6 Å². The number of hydrogen-bond donors (Lipinski definition) is 0. The molecule has 0 bridgehead atoms. The number of halogens is 3. The zero-order chi connectivity index (χ0) is 20.4. The van der Waals surface area contributed by atoms with Crippen LogP contribution in [-0.2, 0) is 6.54 Å². The second kappa shape index (κ2) is 8.13. The lowest BCUT2D eigenvalue weighted by Gasteiger charge is -2.06. The van der Waals surface area contributed by atoms with E-state index < -0.39 is 0 Å². The average molecular weight is 421 g/mol. The summed E-state index contributed by atoms with van der Waals surface area (Å²) < 4.78 is 15.7. The van der Waals surface area contributed by atoms with Crippen LogP contribution in [0.3, 0.4) is 0 Å². The van der Waals surface area contributed by atoms with Gasteiger partial charge in [0.05, 0.1) is 21.7 Å². The maximum atomic E-state index is 13.6. The number of nitrogens with zero attached hydrogens (tertiary/aromatic N) is 2. The van der Waals surface area contributed by atoms with Crippen LogP contribution in [0.15, 0.2) is 72.9 Å². The summed E-state index contributed by atoms with van der Waals surface area (Å²) in [6.07, 6.45) is 3.78. The van der Waals surface area contributed by atoms with Crippen LogP contribution in [0.25, 0.3) is 22.6 Å². The SMILES string of the molecule is N#C/C(=C/c1cn(Cc2ccc(Cl)c(Cl)c2)c2ccccc12)c1cccc(F)c1. The van der Waals surface area contributed by atoms with E-state index in [1.54, 1.807) is 24.3 Å². The van der Waals surface area contributed by atoms with Crippen LogP contribution < -0.4 is 0 Å². The van der Waals surface area contributed by atoms with E-state index in [1.807, 2.05) is 42.6 Å². The largest absolute Gasteiger partial charge is 0.342 e. The van der Waals surface area contributed by atoms with Gasteiger partial charge >= 0.3 is 0 Å². The first-order valence-electron chi connectivity index (χ1n) is 8.94. The monoisotopic (exact) mass is 420 g/mol. The molecule has 4 aromatic rings. The highest BCUT2D eigenvalue weighted by molar-refractivity contribution is 6.42. The smallest absolute Gasteiger partial charge is 0.123 e. The van der Waals surface area contributed by atoms with Crippen molar-refractivity contribution in [2.24, 2.45) is 0 Å². The Morgan fingerprint density at radius 1 is 1.00 bits per heavy atom. The molecule has 0 aliphatic carbocycles. The number of nitriles is 1. The quantitative estimate of drug-likeness (QED) is 0.320. The van der Waals surface area contributed by atoms with Crippen LogP contribution in [0.4, 0.5) is 4.39 Å². The molecule has 0 N–H and O–H groups in total. The van der Waals surface area contributed by atoms with Crippen molar-refractivity contribution in [1.82, 2.24) is 4.57 Å². The Bertz CT molecular complexity index is 1280. The molecule has 2 nitrogen and oxygen atoms in total. The normalized spacial score (nSPS) is 11.6. The topological polar surface area (TPSA) is 28.7 Å². The number of rotatable bonds is 4. The van der Waals surface area contributed by atoms with Gasteiger partial charge in [-0.25, -0.2) is 4.39 Å². The molecule has 0 radical (unpaired) electrons. The molecule has 142 valence electrons. The Morgan fingerprint density at radius 2 is 1.83 bits per heavy atom. The maximum absolute atomic E-state index is 13.6. The van der Waals surface area contributed by atoms with Crippen molar-refractivity contribution in [2.45, 2.75) is 6.54 Å². The molecule has 0 amide bonds. The van der Waals surface area contributed by atoms with Gasteiger partial charge < -0.3 is 4.57 Å². The van der Waals surface area contributed by atoms with Crippen LogP contribution in [0, 0.1) is 17.1 Å². The molecule has 0 saturated carbocycles. The summed E-state index contributed by atoms with van der Waals surface area (Å²) in [5, 5.41) is 11.7. The second-order valence-electron chi connectivity index (χ2n) is 6.66. The van der Waals surface area contributed by atoms with E-state index in [0.29, 0.717) is 27.7 Å². The first-order valence-corrected chi connectivity index (χ1v) is 9.70. The van der Waals surface area contributed by atoms with Crippen molar-refractivity contribution >= 4 is 45.8 Å². The molecule has 0 spiro atoms. The van der Waals surface area contributed by atoms with E-state index in [1.165, 1.54) is 12.1 Å². The highest BCUT2D eigenvalue weighted by Crippen LogP contribution is 2.28. The minimum atomic E-state index is -0.370. The van der Waals surface area contributed by atoms with Crippen molar-refractivity contribution in [3.63, 3.8) is 0 Å². The van der Waals surface area contributed by atoms with E-state index >= 15 is 0 Å². The second-order valence-corrected chi connectivity index (χ2v) is 7.47. The fourth-order valence-electron chi connectivity index (χ4n) is 3.35. The molecule has 0 unspecified atom stereocenters. The lowest BCUT2D eigenvalue weighted by Crippen LogP contribution is -1.97. The van der Waals surface area contributed by atoms with Crippen molar-refractivity contribution in [1.29, 1.82) is 5.26 Å². The summed E-state index contributed by atoms with van der Waals surface area (Å²) in [5.41, 5.74) is 3.89. The van der Waals surface area contributed by atoms with Gasteiger partial charge in [-0.1, -0.05) is 59.6 Å². The van der Waals surface area contributed by atoms with Crippen molar-refractivity contribution in [3.8, 4) is 6.07 Å². The zero-order valence-electron chi connectivity index (χ0n) is 15.2. The fourth-order valence-corrected chi connectivity index (χ4v) is 3.67. The van der Waals surface area contributed by atoms with E-state index in [4.69, 9.17) is 23.2 Å². The van der Waals surface area contributed by atoms with Gasteiger partial charge in [-0.2, -0.15) is 5.26 Å². The average Bonchev–Trinajstić information content (AvgIpc) is 3.06. The molecule has 0 atom stereocenters. The Labute approximate surface area is 178 Å². The molecule has 0 aliphatic rings. The third-order valence-electron chi connectivity index (χ3n) is 4.71. The highest BCUT2D eigenvalue weighted by atomic mass is 35.5. The summed E-state index contributed by atoms with van der Waals surface area (Å²) in [7, 11) is 0. The molecule has 0 fully saturated rings. The number of allylic oxidation sites excluding steroid dienone is 1. The van der Waals surface area contributed by atoms with Gasteiger partial charge in [0.15, 0.2) is 0 Å². The Hall–Kier alpha value is -3.06. The van der Waals surface area contributed by atoms with Gasteiger partial charge in [0.25, 0.3) is 0 Å². The first-order chi connectivity index (χ1) is 14.0. The lowest BCUT2D eigenvalue weighted by molar-refractivity contribution is 0.627. The summed E-state index contributed by atoms with van der Waals surface area (Å²) in [5.74, 6) is -0.370. The van der Waals surface area contributed by atoms with Crippen LogP contribution in [0.1, 0.15) is 16.7 Å². The standard InChI is InChI=1S/C24H15Cl2FN2/c25-22-9-8-16(10-23(22)26)14-29-15-19(21-6-1-2-7-24(21)29)11-18(13-28)17-4-3-5-20(27)12-17/h1-12,15H,14H2/b18-11-. The minimum Gasteiger partial charge on any atom is -0.342 e. The summed E-state index contributed by atoms with van der Waals surface area (Å²) >= 11 is 12.2. The van der Waals surface area contributed by atoms with Gasteiger partial charge in [-0.15, -0.1) is 0 Å². The molecule has 1 aromatic heterocycles. The van der Waals surface area contributed by atoms with Gasteiger partial charge in [0.2, 0.25) is 0 Å². The van der Waals surface area contributed by atoms with Crippen LogP contribution in [0.2, 0.25) is 10.0 Å². The zero-order valence-corrected chi connectivity index (χ0v) is 16.8. The molecule has 0 aliphatic heterocycles. The van der Waals surface area contributed by atoms with Crippen molar-refractivity contribution < 1.29 is 4.39 Å². The summed E-state index contributed by atoms with van der Waals surface area (Å²) in [6, 6.07) is 21.8. The number of benzene rings is 3. The first kappa shape index (κ1) is 19.3. The van der Waals surface area contributed by atoms with E-state index in [0.717, 1.165) is 22.0 Å². The van der Waals surface area contributed by atoms with E-state index in [-0.39, 0.29) is 5.82 Å². The molecular weight excluding hydrogens is 406 g/mol.